The molecule has 0 nitrogen and oxygen atoms in total. The summed E-state index contributed by atoms with van der Waals surface area (Å²) in [5.41, 5.74) is 0. The van der Waals surface area contributed by atoms with Crippen LogP contribution >= 0.6 is 0 Å². The minimum absolute atomic E-state index is 0. The van der Waals surface area contributed by atoms with Crippen molar-refractivity contribution in [2.45, 2.75) is 0 Å². The van der Waals surface area contributed by atoms with Gasteiger partial charge in [0.15, 0.2) is 0 Å². The van der Waals surface area contributed by atoms with Crippen molar-refractivity contribution in [1.82, 2.24) is 0 Å². The van der Waals surface area contributed by atoms with Gasteiger partial charge in [0.25, 0.3) is 0 Å². The molecular formula is H6PtSn3. The van der Waals surface area contributed by atoms with Gasteiger partial charge in [0.1, 0.15) is 0 Å². The molecule has 0 aromatic carbocycles. The molecule has 0 bridgehead atoms. The topological polar surface area (TPSA) is 0 Å². The van der Waals surface area contributed by atoms with Gasteiger partial charge in [0, 0.05) is 21.1 Å². The first-order valence-corrected chi connectivity index (χ1v) is 0. The van der Waals surface area contributed by atoms with Gasteiger partial charge in [-0.2, -0.15) is 0 Å². The van der Waals surface area contributed by atoms with Crippen LogP contribution in [-0.2, 0) is 21.1 Å². The molecule has 0 spiro atoms. The Kier molecular flexibility index (Phi) is 114. The second kappa shape index (κ2) is 16.5. The molecule has 0 unspecified atom stereocenters. The van der Waals surface area contributed by atoms with Crippen LogP contribution < -0.4 is 0 Å². The van der Waals surface area contributed by atoms with Crippen molar-refractivity contribution < 1.29 is 21.1 Å². The molecule has 0 saturated carbocycles. The molecule has 0 heterocycles. The monoisotopic (exact) mass is 561 g/mol. The summed E-state index contributed by atoms with van der Waals surface area (Å²) in [7, 11) is 0. The second-order valence-electron chi connectivity index (χ2n) is 0. The minimum atomic E-state index is 0. The van der Waals surface area contributed by atoms with Crippen molar-refractivity contribution >= 4 is 71.7 Å². The Bertz CT molecular complexity index is 3.25. The van der Waals surface area contributed by atoms with Gasteiger partial charge < -0.3 is 0 Å². The van der Waals surface area contributed by atoms with Crippen LogP contribution in [0.25, 0.3) is 0 Å². The summed E-state index contributed by atoms with van der Waals surface area (Å²) in [4.78, 5) is 0. The van der Waals surface area contributed by atoms with Crippen molar-refractivity contribution in [1.29, 1.82) is 0 Å². The first-order chi connectivity index (χ1) is 0. The van der Waals surface area contributed by atoms with Crippen molar-refractivity contribution in [2.24, 2.45) is 0 Å². The summed E-state index contributed by atoms with van der Waals surface area (Å²) in [5.74, 6) is 0. The van der Waals surface area contributed by atoms with Crippen molar-refractivity contribution in [2.75, 3.05) is 0 Å². The van der Waals surface area contributed by atoms with E-state index in [2.05, 4.69) is 0 Å². The van der Waals surface area contributed by atoms with E-state index in [1.165, 1.54) is 0 Å². The fourth-order valence-corrected chi connectivity index (χ4v) is 0. The normalized spacial score (nSPS) is 0. The van der Waals surface area contributed by atoms with E-state index < -0.39 is 0 Å². The average Bonchev–Trinajstić information content (AvgIpc) is 0. The van der Waals surface area contributed by atoms with E-state index in [1.54, 1.807) is 0 Å². The Labute approximate surface area is 91.0 Å². The van der Waals surface area contributed by atoms with E-state index >= 15 is 0 Å². The number of hydrogen-bond donors (Lipinski definition) is 0. The van der Waals surface area contributed by atoms with Crippen LogP contribution in [0.15, 0.2) is 0 Å². The van der Waals surface area contributed by atoms with E-state index in [4.69, 9.17) is 0 Å². The number of hydrogen-bond acceptors (Lipinski definition) is 0. The van der Waals surface area contributed by atoms with Crippen molar-refractivity contribution in [3.63, 3.8) is 0 Å². The van der Waals surface area contributed by atoms with Crippen molar-refractivity contribution in [3.05, 3.63) is 0 Å². The van der Waals surface area contributed by atoms with Crippen LogP contribution in [0.3, 0.4) is 0 Å². The number of rotatable bonds is 0. The van der Waals surface area contributed by atoms with Gasteiger partial charge in [-0.1, -0.05) is 0 Å². The summed E-state index contributed by atoms with van der Waals surface area (Å²) in [6.45, 7) is 0. The summed E-state index contributed by atoms with van der Waals surface area (Å²) >= 11 is 0. The Hall–Kier alpha value is 3.08. The molecule has 4 heteroatoms. The molecule has 0 rings (SSSR count). The second-order valence-corrected chi connectivity index (χ2v) is 0. The molecule has 0 atom stereocenters. The predicted molar refractivity (Wildman–Crippen MR) is 25.6 cm³/mol. The fourth-order valence-electron chi connectivity index (χ4n) is 0. The quantitative estimate of drug-likeness (QED) is 0.284. The van der Waals surface area contributed by atoms with E-state index in [-0.39, 0.29) is 92.8 Å². The molecule has 28 valence electrons. The Morgan fingerprint density at radius 1 is 0.500 bits per heavy atom. The Morgan fingerprint density at radius 2 is 0.500 bits per heavy atom. The van der Waals surface area contributed by atoms with Crippen LogP contribution in [0.4, 0.5) is 0 Å². The van der Waals surface area contributed by atoms with Crippen LogP contribution in [0.1, 0.15) is 0 Å². The summed E-state index contributed by atoms with van der Waals surface area (Å²) in [5, 5.41) is 0. The average molecular weight is 557 g/mol. The molecule has 0 aromatic rings. The molecule has 0 N–H and O–H groups in total. The zero-order valence-electron chi connectivity index (χ0n) is 2.44. The zero-order valence-corrected chi connectivity index (χ0v) is 16.8. The fraction of sp³-hybridized carbons (Fsp3) is 0. The van der Waals surface area contributed by atoms with E-state index in [0.717, 1.165) is 0 Å². The Balaban J connectivity index is 0. The van der Waals surface area contributed by atoms with Gasteiger partial charge in [-0.15, -0.1) is 0 Å². The van der Waals surface area contributed by atoms with Gasteiger partial charge in [-0.3, -0.25) is 0 Å². The van der Waals surface area contributed by atoms with Crippen LogP contribution in [0, 0.1) is 0 Å². The third-order valence-corrected chi connectivity index (χ3v) is 0. The molecule has 4 heavy (non-hydrogen) atoms. The maximum absolute atomic E-state index is 0. The molecule has 0 fully saturated rings. The van der Waals surface area contributed by atoms with E-state index in [9.17, 15) is 0 Å². The van der Waals surface area contributed by atoms with Crippen molar-refractivity contribution in [3.8, 4) is 0 Å². The molecule has 6 radical (unpaired) electrons. The first kappa shape index (κ1) is 27.6. The van der Waals surface area contributed by atoms with E-state index in [1.807, 2.05) is 0 Å². The van der Waals surface area contributed by atoms with Crippen LogP contribution in [0.2, 0.25) is 0 Å². The molecule has 0 saturated heterocycles. The molecule has 0 aliphatic rings. The molecule has 0 aliphatic heterocycles. The molecule has 0 aliphatic carbocycles. The summed E-state index contributed by atoms with van der Waals surface area (Å²) in [6, 6.07) is 0. The SMILES string of the molecule is [Pt].[SnH2].[SnH2].[SnH2]. The zero-order chi connectivity index (χ0) is 0. The predicted octanol–water partition coefficient (Wildman–Crippen LogP) is -2.75. The van der Waals surface area contributed by atoms with Gasteiger partial charge >= 0.3 is 71.7 Å². The molecule has 0 aromatic heterocycles. The van der Waals surface area contributed by atoms with Gasteiger partial charge in [-0.05, 0) is 0 Å². The molecule has 0 amide bonds. The van der Waals surface area contributed by atoms with Crippen LogP contribution in [0.5, 0.6) is 0 Å². The first-order valence-electron chi connectivity index (χ1n) is 0. The van der Waals surface area contributed by atoms with E-state index in [0.29, 0.717) is 0 Å². The van der Waals surface area contributed by atoms with Gasteiger partial charge in [0.05, 0.1) is 0 Å². The Morgan fingerprint density at radius 3 is 0.500 bits per heavy atom. The van der Waals surface area contributed by atoms with Gasteiger partial charge in [0.2, 0.25) is 0 Å². The third-order valence-electron chi connectivity index (χ3n) is 0. The summed E-state index contributed by atoms with van der Waals surface area (Å²) < 4.78 is 0. The standard InChI is InChI=1S/Pt.3Sn.6H. The summed E-state index contributed by atoms with van der Waals surface area (Å²) in [6.07, 6.45) is 0. The van der Waals surface area contributed by atoms with Crippen LogP contribution in [-0.4, -0.2) is 71.7 Å². The maximum atomic E-state index is 0. The molecular weight excluding hydrogens is 551 g/mol. The van der Waals surface area contributed by atoms with Gasteiger partial charge in [-0.25, -0.2) is 0 Å². The third kappa shape index (κ3) is 8.92.